The Labute approximate surface area is 216 Å². The molecule has 2 amide bonds. The van der Waals surface area contributed by atoms with Crippen LogP contribution in [0.1, 0.15) is 69.2 Å². The van der Waals surface area contributed by atoms with Crippen molar-refractivity contribution in [1.29, 1.82) is 0 Å². The van der Waals surface area contributed by atoms with Gasteiger partial charge < -0.3 is 30.6 Å². The van der Waals surface area contributed by atoms with Gasteiger partial charge in [-0.15, -0.1) is 10.1 Å². The van der Waals surface area contributed by atoms with Crippen LogP contribution in [0.2, 0.25) is 0 Å². The van der Waals surface area contributed by atoms with Gasteiger partial charge in [-0.25, -0.2) is 0 Å². The molecule has 37 heavy (non-hydrogen) atoms. The minimum atomic E-state index is -0.860. The SMILES string of the molecule is CCCC(=O)Nc1ccc(OCC(O)CNCCNC(=O)C[C@@H]2CCCC[C@H]2O[N+](=O)[O-])c(C(C)=O)c1. The van der Waals surface area contributed by atoms with Crippen LogP contribution in [0, 0.1) is 16.0 Å². The quantitative estimate of drug-likeness (QED) is 0.110. The largest absolute Gasteiger partial charge is 0.490 e. The van der Waals surface area contributed by atoms with Gasteiger partial charge in [0.15, 0.2) is 5.78 Å². The maximum absolute atomic E-state index is 12.2. The summed E-state index contributed by atoms with van der Waals surface area (Å²) in [5.41, 5.74) is 0.811. The normalized spacial score (nSPS) is 17.9. The second-order valence-electron chi connectivity index (χ2n) is 9.20. The van der Waals surface area contributed by atoms with Gasteiger partial charge in [0.25, 0.3) is 5.09 Å². The van der Waals surface area contributed by atoms with Gasteiger partial charge in [-0.05, 0) is 50.3 Å². The van der Waals surface area contributed by atoms with Gasteiger partial charge in [0.2, 0.25) is 11.8 Å². The lowest BCUT2D eigenvalue weighted by molar-refractivity contribution is -0.771. The summed E-state index contributed by atoms with van der Waals surface area (Å²) in [7, 11) is 0. The summed E-state index contributed by atoms with van der Waals surface area (Å²) in [6.07, 6.45) is 2.95. The van der Waals surface area contributed by atoms with Crippen LogP contribution in [0.4, 0.5) is 5.69 Å². The molecular weight excluding hydrogens is 484 g/mol. The molecule has 1 aliphatic carbocycles. The first-order chi connectivity index (χ1) is 17.7. The predicted octanol–water partition coefficient (Wildman–Crippen LogP) is 2.23. The van der Waals surface area contributed by atoms with Crippen molar-refractivity contribution in [2.75, 3.05) is 31.6 Å². The Balaban J connectivity index is 1.69. The van der Waals surface area contributed by atoms with E-state index in [4.69, 9.17) is 9.57 Å². The Kier molecular flexibility index (Phi) is 12.8. The molecule has 0 aliphatic heterocycles. The number of hydrogen-bond acceptors (Lipinski definition) is 9. The first-order valence-corrected chi connectivity index (χ1v) is 12.7. The van der Waals surface area contributed by atoms with E-state index in [-0.39, 0.29) is 43.1 Å². The Morgan fingerprint density at radius 1 is 1.19 bits per heavy atom. The van der Waals surface area contributed by atoms with Gasteiger partial charge in [0, 0.05) is 38.2 Å². The molecule has 1 fully saturated rings. The van der Waals surface area contributed by atoms with Crippen molar-refractivity contribution in [2.24, 2.45) is 5.92 Å². The number of Topliss-reactive ketones (excluding diaryl/α,β-unsaturated/α-hetero) is 1. The van der Waals surface area contributed by atoms with Crippen LogP contribution in [-0.4, -0.2) is 66.2 Å². The van der Waals surface area contributed by atoms with Crippen molar-refractivity contribution in [3.05, 3.63) is 33.9 Å². The number of anilines is 1. The van der Waals surface area contributed by atoms with Crippen molar-refractivity contribution in [1.82, 2.24) is 10.6 Å². The smallest absolute Gasteiger partial charge is 0.294 e. The molecule has 1 aromatic carbocycles. The molecule has 1 aliphatic rings. The summed E-state index contributed by atoms with van der Waals surface area (Å²) in [5.74, 6) is -0.414. The van der Waals surface area contributed by atoms with E-state index in [0.717, 1.165) is 19.3 Å². The van der Waals surface area contributed by atoms with Gasteiger partial charge in [0.1, 0.15) is 24.6 Å². The summed E-state index contributed by atoms with van der Waals surface area (Å²) in [5, 5.41) is 28.6. The van der Waals surface area contributed by atoms with Crippen LogP contribution in [-0.2, 0) is 14.4 Å². The fourth-order valence-electron chi connectivity index (χ4n) is 4.23. The number of nitrogens with one attached hydrogen (secondary N) is 3. The summed E-state index contributed by atoms with van der Waals surface area (Å²) in [6.45, 7) is 4.20. The molecule has 3 atom stereocenters. The zero-order valence-corrected chi connectivity index (χ0v) is 21.5. The van der Waals surface area contributed by atoms with Gasteiger partial charge >= 0.3 is 0 Å². The molecule has 1 aromatic rings. The van der Waals surface area contributed by atoms with Crippen LogP contribution in [0.15, 0.2) is 18.2 Å². The fourth-order valence-corrected chi connectivity index (χ4v) is 4.23. The van der Waals surface area contributed by atoms with Gasteiger partial charge in [-0.1, -0.05) is 19.8 Å². The number of rotatable bonds is 16. The number of ether oxygens (including phenoxy) is 1. The average molecular weight is 523 g/mol. The van der Waals surface area contributed by atoms with Crippen molar-refractivity contribution < 1.29 is 34.2 Å². The number of carbonyl (C=O) groups is 3. The Bertz CT molecular complexity index is 926. The number of carbonyl (C=O) groups excluding carboxylic acids is 3. The third-order valence-electron chi connectivity index (χ3n) is 6.06. The number of ketones is 1. The molecular formula is C25H38N4O8. The molecule has 0 aromatic heterocycles. The van der Waals surface area contributed by atoms with Crippen LogP contribution in [0.25, 0.3) is 0 Å². The lowest BCUT2D eigenvalue weighted by Gasteiger charge is -2.29. The van der Waals surface area contributed by atoms with E-state index in [2.05, 4.69) is 16.0 Å². The second-order valence-corrected chi connectivity index (χ2v) is 9.20. The summed E-state index contributed by atoms with van der Waals surface area (Å²) < 4.78 is 5.63. The Morgan fingerprint density at radius 2 is 1.95 bits per heavy atom. The van der Waals surface area contributed by atoms with Crippen LogP contribution >= 0.6 is 0 Å². The van der Waals surface area contributed by atoms with Crippen LogP contribution in [0.3, 0.4) is 0 Å². The maximum Gasteiger partial charge on any atom is 0.294 e. The van der Waals surface area contributed by atoms with Crippen molar-refractivity contribution >= 4 is 23.3 Å². The predicted molar refractivity (Wildman–Crippen MR) is 136 cm³/mol. The van der Waals surface area contributed by atoms with Crippen LogP contribution in [0.5, 0.6) is 5.75 Å². The molecule has 0 spiro atoms. The standard InChI is InChI=1S/C25H38N4O8/c1-3-6-24(32)28-19-9-10-23(21(14-19)17(2)30)36-16-20(31)15-26-11-12-27-25(33)13-18-7-4-5-8-22(18)37-29(34)35/h9-10,14,18,20,22,26,31H,3-8,11-13,15-16H2,1-2H3,(H,27,33)(H,28,32)/t18-,20?,22+/m0/s1. The summed E-state index contributed by atoms with van der Waals surface area (Å²) >= 11 is 0. The molecule has 0 heterocycles. The van der Waals surface area contributed by atoms with E-state index < -0.39 is 17.3 Å². The van der Waals surface area contributed by atoms with E-state index in [1.165, 1.54) is 6.92 Å². The molecule has 0 radical (unpaired) electrons. The van der Waals surface area contributed by atoms with Gasteiger partial charge in [0.05, 0.1) is 5.56 Å². The number of nitrogens with zero attached hydrogens (tertiary/aromatic N) is 1. The topological polar surface area (TPSA) is 169 Å². The van der Waals surface area contributed by atoms with E-state index in [9.17, 15) is 29.6 Å². The molecule has 1 unspecified atom stereocenters. The second kappa shape index (κ2) is 15.8. The fraction of sp³-hybridized carbons (Fsp3) is 0.640. The van der Waals surface area contributed by atoms with Gasteiger partial charge in [-0.2, -0.15) is 0 Å². The highest BCUT2D eigenvalue weighted by atomic mass is 17.0. The highest BCUT2D eigenvalue weighted by Gasteiger charge is 2.29. The average Bonchev–Trinajstić information content (AvgIpc) is 2.84. The first kappa shape index (κ1) is 30.0. The monoisotopic (exact) mass is 522 g/mol. The third-order valence-corrected chi connectivity index (χ3v) is 6.06. The summed E-state index contributed by atoms with van der Waals surface area (Å²) in [4.78, 5) is 51.4. The summed E-state index contributed by atoms with van der Waals surface area (Å²) in [6, 6.07) is 4.78. The van der Waals surface area contributed by atoms with Crippen LogP contribution < -0.4 is 20.7 Å². The Morgan fingerprint density at radius 3 is 2.65 bits per heavy atom. The lowest BCUT2D eigenvalue weighted by atomic mass is 9.84. The molecule has 206 valence electrons. The zero-order chi connectivity index (χ0) is 27.2. The molecule has 0 bridgehead atoms. The third kappa shape index (κ3) is 11.1. The number of benzene rings is 1. The number of aliphatic hydroxyl groups is 1. The minimum Gasteiger partial charge on any atom is -0.490 e. The van der Waals surface area contributed by atoms with Crippen molar-refractivity contribution in [3.63, 3.8) is 0 Å². The molecule has 12 heteroatoms. The Hall–Kier alpha value is -3.25. The maximum atomic E-state index is 12.2. The zero-order valence-electron chi connectivity index (χ0n) is 21.5. The number of hydrogen-bond donors (Lipinski definition) is 4. The molecule has 12 nitrogen and oxygen atoms in total. The lowest BCUT2D eigenvalue weighted by Crippen LogP contribution is -2.39. The van der Waals surface area contributed by atoms with E-state index in [1.807, 2.05) is 6.92 Å². The van der Waals surface area contributed by atoms with Crippen molar-refractivity contribution in [2.45, 2.75) is 71.0 Å². The highest BCUT2D eigenvalue weighted by molar-refractivity contribution is 5.99. The molecule has 4 N–H and O–H groups in total. The highest BCUT2D eigenvalue weighted by Crippen LogP contribution is 2.29. The van der Waals surface area contributed by atoms with Crippen molar-refractivity contribution in [3.8, 4) is 5.75 Å². The molecule has 0 saturated heterocycles. The number of amides is 2. The molecule has 1 saturated carbocycles. The van der Waals surface area contributed by atoms with E-state index >= 15 is 0 Å². The molecule has 2 rings (SSSR count). The van der Waals surface area contributed by atoms with E-state index in [1.54, 1.807) is 18.2 Å². The number of aliphatic hydroxyl groups excluding tert-OH is 1. The first-order valence-electron chi connectivity index (χ1n) is 12.7. The minimum absolute atomic E-state index is 0.0549. The van der Waals surface area contributed by atoms with E-state index in [0.29, 0.717) is 49.4 Å². The van der Waals surface area contributed by atoms with Gasteiger partial charge in [-0.3, -0.25) is 14.4 Å².